The van der Waals surface area contributed by atoms with Crippen LogP contribution in [0.4, 0.5) is 68.2 Å². The van der Waals surface area contributed by atoms with Crippen LogP contribution in [0.1, 0.15) is 0 Å². The Bertz CT molecular complexity index is 4390. The summed E-state index contributed by atoms with van der Waals surface area (Å²) < 4.78 is 0. The number of aromatic nitrogens is 4. The van der Waals surface area contributed by atoms with Crippen LogP contribution in [-0.4, -0.2) is 19.9 Å². The van der Waals surface area contributed by atoms with Crippen LogP contribution >= 0.6 is 0 Å². The third kappa shape index (κ3) is 12.3. The van der Waals surface area contributed by atoms with E-state index in [2.05, 4.69) is 315 Å². The lowest BCUT2D eigenvalue weighted by atomic mass is 10.0. The van der Waals surface area contributed by atoms with E-state index in [4.69, 9.17) is 9.97 Å². The molecule has 0 atom stereocenters. The van der Waals surface area contributed by atoms with Crippen molar-refractivity contribution in [2.45, 2.75) is 0 Å². The molecule has 420 valence electrons. The normalized spacial score (nSPS) is 10.7. The summed E-state index contributed by atoms with van der Waals surface area (Å²) in [6, 6.07) is 118. The van der Waals surface area contributed by atoms with Crippen molar-refractivity contribution in [3.8, 4) is 45.0 Å². The Morgan fingerprint density at radius 3 is 0.648 bits per heavy atom. The summed E-state index contributed by atoms with van der Waals surface area (Å²) >= 11 is 0. The first-order chi connectivity index (χ1) is 43.7. The first kappa shape index (κ1) is 55.2. The highest BCUT2D eigenvalue weighted by molar-refractivity contribution is 5.92. The van der Waals surface area contributed by atoms with Gasteiger partial charge in [-0.25, -0.2) is 0 Å². The molecule has 8 heteroatoms. The fourth-order valence-corrected chi connectivity index (χ4v) is 11.1. The van der Waals surface area contributed by atoms with Crippen LogP contribution < -0.4 is 19.6 Å². The van der Waals surface area contributed by atoms with Crippen molar-refractivity contribution >= 4 is 68.2 Å². The van der Waals surface area contributed by atoms with E-state index in [1.54, 1.807) is 24.8 Å². The molecule has 0 spiro atoms. The van der Waals surface area contributed by atoms with Crippen LogP contribution in [0.25, 0.3) is 45.0 Å². The van der Waals surface area contributed by atoms with Gasteiger partial charge in [0.25, 0.3) is 0 Å². The molecule has 0 fully saturated rings. The molecule has 8 nitrogen and oxygen atoms in total. The molecule has 0 radical (unpaired) electrons. The zero-order valence-electron chi connectivity index (χ0n) is 48.2. The van der Waals surface area contributed by atoms with Gasteiger partial charge in [-0.3, -0.25) is 19.9 Å². The molecular formula is C80H60N8. The average Bonchev–Trinajstić information content (AvgIpc) is 3.79. The van der Waals surface area contributed by atoms with Gasteiger partial charge in [-0.1, -0.05) is 212 Å². The van der Waals surface area contributed by atoms with Crippen molar-refractivity contribution in [3.05, 3.63) is 365 Å². The molecule has 12 aromatic carbocycles. The number of para-hydroxylation sites is 8. The van der Waals surface area contributed by atoms with E-state index < -0.39 is 0 Å². The fraction of sp³-hybridized carbons (Fsp3) is 0. The molecule has 0 saturated carbocycles. The second kappa shape index (κ2) is 26.7. The van der Waals surface area contributed by atoms with Crippen molar-refractivity contribution in [1.82, 2.24) is 19.9 Å². The molecule has 0 amide bonds. The Hall–Kier alpha value is -12.0. The maximum Gasteiger partial charge on any atom is 0.0965 e. The number of hydrogen-bond donors (Lipinski definition) is 0. The molecular weight excluding hydrogens is 1070 g/mol. The monoisotopic (exact) mass is 1130 g/mol. The Morgan fingerprint density at radius 2 is 0.364 bits per heavy atom. The molecule has 0 bridgehead atoms. The lowest BCUT2D eigenvalue weighted by Crippen LogP contribution is -2.16. The van der Waals surface area contributed by atoms with Crippen LogP contribution in [-0.2, 0) is 0 Å². The highest BCUT2D eigenvalue weighted by Gasteiger charge is 2.23. The van der Waals surface area contributed by atoms with Gasteiger partial charge in [0.15, 0.2) is 0 Å². The molecule has 0 saturated heterocycles. The number of nitrogens with zero attached hydrogens (tertiary/aromatic N) is 8. The first-order valence-corrected chi connectivity index (χ1v) is 29.4. The van der Waals surface area contributed by atoms with Gasteiger partial charge in [0, 0.05) is 104 Å². The maximum absolute atomic E-state index is 4.74. The van der Waals surface area contributed by atoms with E-state index in [0.717, 1.165) is 113 Å². The quantitative estimate of drug-likeness (QED) is 0.0948. The van der Waals surface area contributed by atoms with Crippen molar-refractivity contribution in [3.63, 3.8) is 0 Å². The van der Waals surface area contributed by atoms with E-state index in [1.807, 2.05) is 54.6 Å². The lowest BCUT2D eigenvalue weighted by Gasteiger charge is -2.33. The summed E-state index contributed by atoms with van der Waals surface area (Å²) in [5.41, 5.74) is 20.4. The Kier molecular flexibility index (Phi) is 16.8. The minimum absolute atomic E-state index is 0.858. The van der Waals surface area contributed by atoms with E-state index in [0.29, 0.717) is 0 Å². The van der Waals surface area contributed by atoms with E-state index in [1.165, 1.54) is 0 Å². The molecule has 0 aliphatic carbocycles. The SMILES string of the molecule is c1ccc(-c2nccnc2-c2ccc(N(c3ccccc3)c3cccc(N(c4ccccc4)c4ccccc4)c3)cc2)cc1.c1ccc(-c2nccnc2-c2ccc(N(c3ccccc3)c3ccccc3N(c3ccccc3)c3ccccc3)cc2)cc1. The van der Waals surface area contributed by atoms with Gasteiger partial charge >= 0.3 is 0 Å². The second-order valence-corrected chi connectivity index (χ2v) is 20.7. The third-order valence-electron chi connectivity index (χ3n) is 15.1. The number of rotatable bonds is 16. The highest BCUT2D eigenvalue weighted by Crippen LogP contribution is 2.47. The van der Waals surface area contributed by atoms with Crippen LogP contribution in [0.5, 0.6) is 0 Å². The van der Waals surface area contributed by atoms with Gasteiger partial charge in [-0.15, -0.1) is 0 Å². The van der Waals surface area contributed by atoms with Crippen LogP contribution in [0.2, 0.25) is 0 Å². The van der Waals surface area contributed by atoms with Gasteiger partial charge in [-0.2, -0.15) is 0 Å². The predicted octanol–water partition coefficient (Wildman–Crippen LogP) is 21.5. The highest BCUT2D eigenvalue weighted by atomic mass is 15.2. The zero-order valence-corrected chi connectivity index (χ0v) is 48.2. The van der Waals surface area contributed by atoms with Gasteiger partial charge in [0.1, 0.15) is 0 Å². The van der Waals surface area contributed by atoms with E-state index in [9.17, 15) is 0 Å². The molecule has 0 aliphatic rings. The number of anilines is 12. The molecule has 14 rings (SSSR count). The lowest BCUT2D eigenvalue weighted by molar-refractivity contribution is 1.20. The molecule has 88 heavy (non-hydrogen) atoms. The maximum atomic E-state index is 4.74. The molecule has 0 unspecified atom stereocenters. The van der Waals surface area contributed by atoms with Crippen LogP contribution in [0.3, 0.4) is 0 Å². The third-order valence-corrected chi connectivity index (χ3v) is 15.1. The Labute approximate surface area is 514 Å². The fourth-order valence-electron chi connectivity index (χ4n) is 11.1. The standard InChI is InChI=1S/2C40H30N4/c1-5-15-31(16-6-1)39-40(42-30-29-41-39)32-25-27-36(28-26-32)44(35-21-11-4-12-22-35)38-24-14-13-23-37(38)43(33-17-7-2-8-18-33)34-19-9-3-10-20-34;1-5-14-31(15-6-1)39-40(42-29-28-41-39)32-24-26-36(27-25-32)44(35-20-11-4-12-21-35)38-23-13-22-37(30-38)43(33-16-7-2-8-17-33)34-18-9-3-10-19-34/h2*1-30H. The molecule has 0 aliphatic heterocycles. The summed E-state index contributed by atoms with van der Waals surface area (Å²) in [5, 5.41) is 0. The largest absolute Gasteiger partial charge is 0.310 e. The van der Waals surface area contributed by atoms with Gasteiger partial charge in [0.2, 0.25) is 0 Å². The Balaban J connectivity index is 0.000000162. The van der Waals surface area contributed by atoms with Crippen molar-refractivity contribution in [2.75, 3.05) is 19.6 Å². The molecule has 0 N–H and O–H groups in total. The molecule has 2 aromatic heterocycles. The van der Waals surface area contributed by atoms with Crippen molar-refractivity contribution in [1.29, 1.82) is 0 Å². The van der Waals surface area contributed by atoms with Crippen molar-refractivity contribution in [2.24, 2.45) is 0 Å². The summed E-state index contributed by atoms with van der Waals surface area (Å²) in [6.45, 7) is 0. The van der Waals surface area contributed by atoms with E-state index >= 15 is 0 Å². The summed E-state index contributed by atoms with van der Waals surface area (Å²) in [4.78, 5) is 28.0. The van der Waals surface area contributed by atoms with Gasteiger partial charge in [-0.05, 0) is 127 Å². The Morgan fingerprint density at radius 1 is 0.159 bits per heavy atom. The minimum Gasteiger partial charge on any atom is -0.310 e. The second-order valence-electron chi connectivity index (χ2n) is 20.7. The average molecular weight is 1130 g/mol. The summed E-state index contributed by atoms with van der Waals surface area (Å²) in [7, 11) is 0. The molecule has 14 aromatic rings. The van der Waals surface area contributed by atoms with Crippen molar-refractivity contribution < 1.29 is 0 Å². The van der Waals surface area contributed by atoms with Crippen LogP contribution in [0, 0.1) is 0 Å². The van der Waals surface area contributed by atoms with Crippen LogP contribution in [0.15, 0.2) is 365 Å². The van der Waals surface area contributed by atoms with E-state index in [-0.39, 0.29) is 0 Å². The summed E-state index contributed by atoms with van der Waals surface area (Å²) in [6.07, 6.45) is 7.00. The number of benzene rings is 12. The first-order valence-electron chi connectivity index (χ1n) is 29.4. The zero-order chi connectivity index (χ0) is 59.1. The molecule has 2 heterocycles. The summed E-state index contributed by atoms with van der Waals surface area (Å²) in [5.74, 6) is 0. The number of hydrogen-bond acceptors (Lipinski definition) is 8. The smallest absolute Gasteiger partial charge is 0.0965 e. The predicted molar refractivity (Wildman–Crippen MR) is 365 cm³/mol. The minimum atomic E-state index is 0.858. The van der Waals surface area contributed by atoms with Gasteiger partial charge in [0.05, 0.1) is 34.2 Å². The topological polar surface area (TPSA) is 64.5 Å². The van der Waals surface area contributed by atoms with Gasteiger partial charge < -0.3 is 19.6 Å².